The van der Waals surface area contributed by atoms with Crippen LogP contribution in [0.4, 0.5) is 10.1 Å². The minimum atomic E-state index is -1.13. The first kappa shape index (κ1) is 15.0. The van der Waals surface area contributed by atoms with Crippen LogP contribution >= 0.6 is 0 Å². The third kappa shape index (κ3) is 3.99. The van der Waals surface area contributed by atoms with Crippen molar-refractivity contribution >= 4 is 11.6 Å². The predicted octanol–water partition coefficient (Wildman–Crippen LogP) is 1.58. The Morgan fingerprint density at radius 3 is 2.58 bits per heavy atom. The topological polar surface area (TPSA) is 83.7 Å². The van der Waals surface area contributed by atoms with Crippen LogP contribution in [0.15, 0.2) is 18.2 Å². The maximum Gasteiger partial charge on any atom is 0.285 e. The molecule has 0 saturated heterocycles. The summed E-state index contributed by atoms with van der Waals surface area (Å²) in [6, 6.07) is 2.75. The van der Waals surface area contributed by atoms with Crippen LogP contribution in [0.2, 0.25) is 0 Å². The fourth-order valence-electron chi connectivity index (χ4n) is 1.69. The van der Waals surface area contributed by atoms with Crippen molar-refractivity contribution in [1.29, 1.82) is 0 Å². The van der Waals surface area contributed by atoms with E-state index < -0.39 is 27.9 Å². The van der Waals surface area contributed by atoms with Gasteiger partial charge in [-0.2, -0.15) is 0 Å². The normalized spacial score (nSPS) is 11.2. The molecule has 0 aliphatic heterocycles. The van der Waals surface area contributed by atoms with Gasteiger partial charge >= 0.3 is 0 Å². The van der Waals surface area contributed by atoms with Crippen LogP contribution in [0, 0.1) is 15.9 Å². The summed E-state index contributed by atoms with van der Waals surface area (Å²) in [5, 5.41) is 20.4. The van der Waals surface area contributed by atoms with E-state index in [4.69, 9.17) is 0 Å². The fraction of sp³-hybridized carbons (Fsp3) is 0.417. The summed E-state index contributed by atoms with van der Waals surface area (Å²) in [7, 11) is 1.41. The molecule has 1 amide bonds. The van der Waals surface area contributed by atoms with Gasteiger partial charge in [0.1, 0.15) is 11.4 Å². The van der Waals surface area contributed by atoms with Crippen molar-refractivity contribution in [3.8, 4) is 0 Å². The van der Waals surface area contributed by atoms with Crippen LogP contribution in [0.25, 0.3) is 0 Å². The highest BCUT2D eigenvalue weighted by Gasteiger charge is 2.26. The number of halogens is 1. The number of nitrogens with zero attached hydrogens (tertiary/aromatic N) is 2. The Kier molecular flexibility index (Phi) is 4.21. The van der Waals surface area contributed by atoms with E-state index in [9.17, 15) is 24.4 Å². The first-order valence-corrected chi connectivity index (χ1v) is 5.53. The Bertz CT molecular complexity index is 511. The molecule has 1 aromatic carbocycles. The number of aliphatic hydroxyl groups is 1. The lowest BCUT2D eigenvalue weighted by atomic mass is 10.1. The van der Waals surface area contributed by atoms with Crippen molar-refractivity contribution in [2.24, 2.45) is 0 Å². The summed E-state index contributed by atoms with van der Waals surface area (Å²) < 4.78 is 13.0. The molecule has 6 nitrogen and oxygen atoms in total. The van der Waals surface area contributed by atoms with Gasteiger partial charge in [0.05, 0.1) is 16.6 Å². The minimum Gasteiger partial charge on any atom is -0.389 e. The summed E-state index contributed by atoms with van der Waals surface area (Å²) in [6.07, 6.45) is 0. The van der Waals surface area contributed by atoms with E-state index in [-0.39, 0.29) is 12.1 Å². The van der Waals surface area contributed by atoms with Crippen LogP contribution in [0.5, 0.6) is 0 Å². The van der Waals surface area contributed by atoms with Gasteiger partial charge < -0.3 is 10.0 Å². The molecule has 0 fully saturated rings. The van der Waals surface area contributed by atoms with E-state index in [1.165, 1.54) is 20.9 Å². The highest BCUT2D eigenvalue weighted by atomic mass is 19.1. The van der Waals surface area contributed by atoms with Crippen LogP contribution in [0.3, 0.4) is 0 Å². The van der Waals surface area contributed by atoms with Gasteiger partial charge in [-0.1, -0.05) is 0 Å². The third-order valence-corrected chi connectivity index (χ3v) is 2.36. The van der Waals surface area contributed by atoms with E-state index in [1.54, 1.807) is 0 Å². The predicted molar refractivity (Wildman–Crippen MR) is 66.3 cm³/mol. The number of nitro groups is 1. The van der Waals surface area contributed by atoms with Crippen molar-refractivity contribution < 1.29 is 19.2 Å². The van der Waals surface area contributed by atoms with E-state index in [1.807, 2.05) is 0 Å². The first-order chi connectivity index (χ1) is 8.61. The second-order valence-corrected chi connectivity index (χ2v) is 4.89. The largest absolute Gasteiger partial charge is 0.389 e. The Labute approximate surface area is 109 Å². The van der Waals surface area contributed by atoms with Gasteiger partial charge in [-0.3, -0.25) is 14.9 Å². The average Bonchev–Trinajstić information content (AvgIpc) is 2.25. The molecule has 0 spiro atoms. The van der Waals surface area contributed by atoms with E-state index in [0.29, 0.717) is 6.07 Å². The number of carbonyl (C=O) groups excluding carboxylic acids is 1. The van der Waals surface area contributed by atoms with Gasteiger partial charge in [-0.25, -0.2) is 4.39 Å². The molecule has 0 heterocycles. The van der Waals surface area contributed by atoms with E-state index >= 15 is 0 Å². The van der Waals surface area contributed by atoms with Gasteiger partial charge in [-0.05, 0) is 26.0 Å². The van der Waals surface area contributed by atoms with Crippen molar-refractivity contribution in [2.45, 2.75) is 19.4 Å². The zero-order valence-corrected chi connectivity index (χ0v) is 10.9. The number of rotatable bonds is 4. The zero-order chi connectivity index (χ0) is 14.8. The van der Waals surface area contributed by atoms with Crippen molar-refractivity contribution in [3.05, 3.63) is 39.7 Å². The Hall–Kier alpha value is -2.02. The highest BCUT2D eigenvalue weighted by molar-refractivity contribution is 5.98. The van der Waals surface area contributed by atoms with Gasteiger partial charge in [0.15, 0.2) is 0 Å². The van der Waals surface area contributed by atoms with Gasteiger partial charge in [0, 0.05) is 13.6 Å². The van der Waals surface area contributed by atoms with Gasteiger partial charge in [-0.15, -0.1) is 0 Å². The van der Waals surface area contributed by atoms with Crippen LogP contribution < -0.4 is 0 Å². The molecule has 0 aliphatic rings. The Morgan fingerprint density at radius 2 is 2.11 bits per heavy atom. The minimum absolute atomic E-state index is 0.000361. The molecule has 0 bridgehead atoms. The number of hydrogen-bond donors (Lipinski definition) is 1. The van der Waals surface area contributed by atoms with E-state index in [2.05, 4.69) is 0 Å². The number of benzene rings is 1. The van der Waals surface area contributed by atoms with Crippen LogP contribution in [0.1, 0.15) is 24.2 Å². The molecule has 19 heavy (non-hydrogen) atoms. The van der Waals surface area contributed by atoms with E-state index in [0.717, 1.165) is 17.0 Å². The molecule has 104 valence electrons. The van der Waals surface area contributed by atoms with Gasteiger partial charge in [0.2, 0.25) is 0 Å². The van der Waals surface area contributed by atoms with Crippen molar-refractivity contribution in [1.82, 2.24) is 4.90 Å². The quantitative estimate of drug-likeness (QED) is 0.665. The SMILES string of the molecule is CN(CC(C)(C)O)C(=O)c1ccc(F)cc1[N+](=O)[O-]. The van der Waals surface area contributed by atoms with Gasteiger partial charge in [0.25, 0.3) is 11.6 Å². The first-order valence-electron chi connectivity index (χ1n) is 5.53. The lowest BCUT2D eigenvalue weighted by molar-refractivity contribution is -0.385. The third-order valence-electron chi connectivity index (χ3n) is 2.36. The molecule has 0 radical (unpaired) electrons. The molecule has 0 atom stereocenters. The molecule has 0 unspecified atom stereocenters. The Morgan fingerprint density at radius 1 is 1.53 bits per heavy atom. The number of likely N-dealkylation sites (N-methyl/N-ethyl adjacent to an activating group) is 1. The van der Waals surface area contributed by atoms with Crippen LogP contribution in [-0.4, -0.2) is 40.0 Å². The standard InChI is InChI=1S/C12H15FN2O4/c1-12(2,17)7-14(3)11(16)9-5-4-8(13)6-10(9)15(18)19/h4-6,17H,7H2,1-3H3. The number of nitro benzene ring substituents is 1. The summed E-state index contributed by atoms with van der Waals surface area (Å²) >= 11 is 0. The van der Waals surface area contributed by atoms with Crippen LogP contribution in [-0.2, 0) is 0 Å². The second-order valence-electron chi connectivity index (χ2n) is 4.89. The van der Waals surface area contributed by atoms with Crippen molar-refractivity contribution in [3.63, 3.8) is 0 Å². The molecule has 1 N–H and O–H groups in total. The average molecular weight is 270 g/mol. The number of hydrogen-bond acceptors (Lipinski definition) is 4. The van der Waals surface area contributed by atoms with Crippen molar-refractivity contribution in [2.75, 3.05) is 13.6 Å². The number of amides is 1. The molecule has 1 rings (SSSR count). The molecule has 0 aliphatic carbocycles. The zero-order valence-electron chi connectivity index (χ0n) is 10.9. The molecule has 0 saturated carbocycles. The second kappa shape index (κ2) is 5.31. The molecule has 1 aromatic rings. The summed E-state index contributed by atoms with van der Waals surface area (Å²) in [5.41, 5.74) is -1.93. The fourth-order valence-corrected chi connectivity index (χ4v) is 1.69. The monoisotopic (exact) mass is 270 g/mol. The lowest BCUT2D eigenvalue weighted by Crippen LogP contribution is -2.39. The molecular weight excluding hydrogens is 255 g/mol. The number of carbonyl (C=O) groups is 1. The molecule has 7 heteroatoms. The molecular formula is C12H15FN2O4. The smallest absolute Gasteiger partial charge is 0.285 e. The maximum absolute atomic E-state index is 13.0. The summed E-state index contributed by atoms with van der Waals surface area (Å²) in [5.74, 6) is -1.43. The lowest BCUT2D eigenvalue weighted by Gasteiger charge is -2.25. The summed E-state index contributed by atoms with van der Waals surface area (Å²) in [4.78, 5) is 23.2. The summed E-state index contributed by atoms with van der Waals surface area (Å²) in [6.45, 7) is 3.02. The maximum atomic E-state index is 13.0. The Balaban J connectivity index is 3.09. The highest BCUT2D eigenvalue weighted by Crippen LogP contribution is 2.21. The molecule has 0 aromatic heterocycles.